The molecule has 1 aliphatic heterocycles. The highest BCUT2D eigenvalue weighted by molar-refractivity contribution is 6.15. The van der Waals surface area contributed by atoms with Crippen LogP contribution in [0.15, 0.2) is 72.3 Å². The topological polar surface area (TPSA) is 124 Å². The van der Waals surface area contributed by atoms with E-state index in [1.807, 2.05) is 0 Å². The van der Waals surface area contributed by atoms with E-state index in [4.69, 9.17) is 0 Å². The molecule has 1 fully saturated rings. The van der Waals surface area contributed by atoms with Crippen molar-refractivity contribution in [1.29, 1.82) is 0 Å². The number of ketones is 1. The van der Waals surface area contributed by atoms with Crippen LogP contribution >= 0.6 is 0 Å². The number of amides is 1. The molecule has 3 rings (SSSR count). The summed E-state index contributed by atoms with van der Waals surface area (Å²) in [7, 11) is 0. The molecule has 156 valence electrons. The number of nitro groups is 2. The Morgan fingerprint density at radius 3 is 1.55 bits per heavy atom. The van der Waals surface area contributed by atoms with Crippen molar-refractivity contribution in [3.05, 3.63) is 104 Å². The summed E-state index contributed by atoms with van der Waals surface area (Å²) in [6, 6.07) is 11.4. The van der Waals surface area contributed by atoms with Crippen molar-refractivity contribution in [2.24, 2.45) is 0 Å². The van der Waals surface area contributed by atoms with Gasteiger partial charge >= 0.3 is 0 Å². The lowest BCUT2D eigenvalue weighted by Crippen LogP contribution is -2.40. The number of nitrogens with zero attached hydrogens (tertiary/aromatic N) is 3. The maximum absolute atomic E-state index is 13.0. The number of hydrogen-bond donors (Lipinski definition) is 0. The van der Waals surface area contributed by atoms with Crippen molar-refractivity contribution >= 4 is 35.2 Å². The van der Waals surface area contributed by atoms with Crippen molar-refractivity contribution in [3.63, 3.8) is 0 Å². The highest BCUT2D eigenvalue weighted by Gasteiger charge is 2.28. The maximum atomic E-state index is 13.0. The van der Waals surface area contributed by atoms with Crippen molar-refractivity contribution in [2.45, 2.75) is 0 Å². The molecule has 1 amide bonds. The molecule has 0 atom stereocenters. The standard InChI is InChI=1S/C22H17N3O6/c1-2-21(26)23-13-17(11-15-3-7-19(8-4-15)24(28)29)22(27)18(14-23)12-16-5-9-20(10-6-16)25(30)31/h2-12H,1,13-14H2/b17-11-,18-12+. The Kier molecular flexibility index (Phi) is 6.15. The molecule has 31 heavy (non-hydrogen) atoms. The highest BCUT2D eigenvalue weighted by atomic mass is 16.6. The minimum atomic E-state index is -0.516. The van der Waals surface area contributed by atoms with E-state index < -0.39 is 9.85 Å². The van der Waals surface area contributed by atoms with Crippen LogP contribution in [0.1, 0.15) is 11.1 Å². The third kappa shape index (κ3) is 4.96. The first-order valence-electron chi connectivity index (χ1n) is 9.14. The Labute approximate surface area is 176 Å². The zero-order valence-electron chi connectivity index (χ0n) is 16.3. The summed E-state index contributed by atoms with van der Waals surface area (Å²) < 4.78 is 0. The minimum absolute atomic E-state index is 0.0677. The van der Waals surface area contributed by atoms with Gasteiger partial charge in [-0.1, -0.05) is 6.58 Å². The Hall–Kier alpha value is -4.40. The molecule has 2 aromatic rings. The van der Waals surface area contributed by atoms with Gasteiger partial charge in [0.25, 0.3) is 11.4 Å². The van der Waals surface area contributed by atoms with Gasteiger partial charge in [0.15, 0.2) is 5.78 Å². The van der Waals surface area contributed by atoms with Crippen molar-refractivity contribution in [2.75, 3.05) is 13.1 Å². The molecule has 0 unspecified atom stereocenters. The van der Waals surface area contributed by atoms with Gasteiger partial charge in [-0.2, -0.15) is 0 Å². The fourth-order valence-corrected chi connectivity index (χ4v) is 3.11. The fraction of sp³-hybridized carbons (Fsp3) is 0.0909. The van der Waals surface area contributed by atoms with E-state index in [0.717, 1.165) is 6.08 Å². The number of piperidine rings is 1. The molecule has 0 aromatic heterocycles. The second-order valence-corrected chi connectivity index (χ2v) is 6.76. The van der Waals surface area contributed by atoms with E-state index >= 15 is 0 Å². The maximum Gasteiger partial charge on any atom is 0.269 e. The lowest BCUT2D eigenvalue weighted by molar-refractivity contribution is -0.385. The average Bonchev–Trinajstić information content (AvgIpc) is 2.76. The van der Waals surface area contributed by atoms with Crippen LogP contribution in [0.5, 0.6) is 0 Å². The summed E-state index contributed by atoms with van der Waals surface area (Å²) in [4.78, 5) is 47.3. The fourth-order valence-electron chi connectivity index (χ4n) is 3.11. The van der Waals surface area contributed by atoms with Gasteiger partial charge < -0.3 is 4.90 Å². The number of nitro benzene ring substituents is 2. The minimum Gasteiger partial charge on any atom is -0.330 e. The second-order valence-electron chi connectivity index (χ2n) is 6.76. The van der Waals surface area contributed by atoms with Crippen LogP contribution in [0.4, 0.5) is 11.4 Å². The molecule has 9 heteroatoms. The molecule has 1 aliphatic rings. The number of likely N-dealkylation sites (tertiary alicyclic amines) is 1. The van der Waals surface area contributed by atoms with Gasteiger partial charge in [-0.25, -0.2) is 0 Å². The number of benzene rings is 2. The summed E-state index contributed by atoms with van der Waals surface area (Å²) in [5.74, 6) is -0.624. The van der Waals surface area contributed by atoms with Crippen LogP contribution in [0.25, 0.3) is 12.2 Å². The zero-order chi connectivity index (χ0) is 22.5. The first-order chi connectivity index (χ1) is 14.8. The smallest absolute Gasteiger partial charge is 0.269 e. The molecule has 1 saturated heterocycles. The first-order valence-corrected chi connectivity index (χ1v) is 9.14. The molecule has 0 spiro atoms. The van der Waals surface area contributed by atoms with Gasteiger partial charge in [0, 0.05) is 35.4 Å². The Morgan fingerprint density at radius 2 is 1.23 bits per heavy atom. The van der Waals surface area contributed by atoms with Crippen molar-refractivity contribution < 1.29 is 19.4 Å². The molecule has 0 bridgehead atoms. The average molecular weight is 419 g/mol. The van der Waals surface area contributed by atoms with Crippen LogP contribution in [0, 0.1) is 20.2 Å². The van der Waals surface area contributed by atoms with Crippen LogP contribution in [0.2, 0.25) is 0 Å². The van der Waals surface area contributed by atoms with E-state index in [1.54, 1.807) is 12.2 Å². The van der Waals surface area contributed by atoms with Crippen molar-refractivity contribution in [1.82, 2.24) is 4.90 Å². The molecule has 0 N–H and O–H groups in total. The lowest BCUT2D eigenvalue weighted by Gasteiger charge is -2.29. The Morgan fingerprint density at radius 1 is 0.839 bits per heavy atom. The quantitative estimate of drug-likeness (QED) is 0.415. The summed E-state index contributed by atoms with van der Waals surface area (Å²) >= 11 is 0. The number of carbonyl (C=O) groups is 2. The number of hydrogen-bond acceptors (Lipinski definition) is 6. The molecule has 0 saturated carbocycles. The van der Waals surface area contributed by atoms with E-state index in [9.17, 15) is 29.8 Å². The summed E-state index contributed by atoms with van der Waals surface area (Å²) in [5, 5.41) is 21.6. The van der Waals surface area contributed by atoms with Gasteiger partial charge in [-0.3, -0.25) is 29.8 Å². The van der Waals surface area contributed by atoms with E-state index in [-0.39, 0.29) is 36.2 Å². The normalized spacial score (nSPS) is 16.4. The predicted octanol–water partition coefficient (Wildman–Crippen LogP) is 3.57. The zero-order valence-corrected chi connectivity index (χ0v) is 16.3. The van der Waals surface area contributed by atoms with Crippen molar-refractivity contribution in [3.8, 4) is 0 Å². The number of rotatable bonds is 5. The molecule has 0 aliphatic carbocycles. The van der Waals surface area contributed by atoms with E-state index in [1.165, 1.54) is 53.4 Å². The summed E-state index contributed by atoms with van der Waals surface area (Å²) in [6.45, 7) is 3.62. The van der Waals surface area contributed by atoms with Gasteiger partial charge in [-0.15, -0.1) is 0 Å². The van der Waals surface area contributed by atoms with Crippen LogP contribution in [-0.4, -0.2) is 39.5 Å². The molecule has 2 aromatic carbocycles. The summed E-state index contributed by atoms with van der Waals surface area (Å²) in [5.41, 5.74) is 1.69. The largest absolute Gasteiger partial charge is 0.330 e. The molecule has 0 radical (unpaired) electrons. The molecular weight excluding hydrogens is 402 g/mol. The highest BCUT2D eigenvalue weighted by Crippen LogP contribution is 2.24. The molecule has 9 nitrogen and oxygen atoms in total. The molecular formula is C22H17N3O6. The Balaban J connectivity index is 1.96. The predicted molar refractivity (Wildman–Crippen MR) is 114 cm³/mol. The third-order valence-corrected chi connectivity index (χ3v) is 4.68. The summed E-state index contributed by atoms with van der Waals surface area (Å²) in [6.07, 6.45) is 4.32. The number of Topliss-reactive ketones (excluding diaryl/α,β-unsaturated/α-hetero) is 1. The Bertz CT molecular complexity index is 1050. The SMILES string of the molecule is C=CC(=O)N1C/C(=C/c2ccc([N+](=O)[O-])cc2)C(=O)/C(=C/c2ccc([N+](=O)[O-])cc2)C1. The third-order valence-electron chi connectivity index (χ3n) is 4.68. The molecule has 1 heterocycles. The first kappa shape index (κ1) is 21.3. The van der Waals surface area contributed by atoms with Crippen LogP contribution in [0.3, 0.4) is 0 Å². The van der Waals surface area contributed by atoms with Gasteiger partial charge in [-0.05, 0) is 53.6 Å². The van der Waals surface area contributed by atoms with Gasteiger partial charge in [0.05, 0.1) is 22.9 Å². The number of carbonyl (C=O) groups excluding carboxylic acids is 2. The van der Waals surface area contributed by atoms with E-state index in [0.29, 0.717) is 22.3 Å². The van der Waals surface area contributed by atoms with E-state index in [2.05, 4.69) is 6.58 Å². The van der Waals surface area contributed by atoms with Crippen LogP contribution in [-0.2, 0) is 9.59 Å². The number of non-ortho nitro benzene ring substituents is 2. The lowest BCUT2D eigenvalue weighted by atomic mass is 9.94. The monoisotopic (exact) mass is 419 g/mol. The second kappa shape index (κ2) is 8.95. The van der Waals surface area contributed by atoms with Gasteiger partial charge in [0.2, 0.25) is 5.91 Å². The van der Waals surface area contributed by atoms with Gasteiger partial charge in [0.1, 0.15) is 0 Å². The van der Waals surface area contributed by atoms with Crippen LogP contribution < -0.4 is 0 Å².